The molecule has 0 radical (unpaired) electrons. The molecule has 2 N–H and O–H groups in total. The summed E-state index contributed by atoms with van der Waals surface area (Å²) in [6.07, 6.45) is 0.887. The van der Waals surface area contributed by atoms with Crippen LogP contribution in [0.3, 0.4) is 0 Å². The summed E-state index contributed by atoms with van der Waals surface area (Å²) in [5.74, 6) is 4.91. The van der Waals surface area contributed by atoms with Gasteiger partial charge in [0.2, 0.25) is 0 Å². The first kappa shape index (κ1) is 8.24. The van der Waals surface area contributed by atoms with Gasteiger partial charge in [0, 0.05) is 0 Å². The molecule has 0 aliphatic carbocycles. The highest BCUT2D eigenvalue weighted by Gasteiger charge is 1.91. The highest BCUT2D eigenvalue weighted by Crippen LogP contribution is 2.03. The lowest BCUT2D eigenvalue weighted by molar-refractivity contribution is 0.141. The summed E-state index contributed by atoms with van der Waals surface area (Å²) in [5.41, 5.74) is 2.55. The number of aryl methyl sites for hydroxylation is 1. The maximum Gasteiger partial charge on any atom is 0.0719 e. The second kappa shape index (κ2) is 4.11. The second-order valence-electron chi connectivity index (χ2n) is 2.61. The molecule has 0 aromatic heterocycles. The van der Waals surface area contributed by atoms with Crippen molar-refractivity contribution in [3.8, 4) is 0 Å². The summed E-state index contributed by atoms with van der Waals surface area (Å²) in [7, 11) is 0. The van der Waals surface area contributed by atoms with Gasteiger partial charge in [-0.15, -0.1) is 0 Å². The number of hydrogen-bond donors (Lipinski definition) is 1. The molecule has 0 saturated heterocycles. The van der Waals surface area contributed by atoms with Crippen LogP contribution < -0.4 is 5.90 Å². The third-order valence-corrected chi connectivity index (χ3v) is 1.59. The molecule has 2 nitrogen and oxygen atoms in total. The van der Waals surface area contributed by atoms with Crippen molar-refractivity contribution in [3.63, 3.8) is 0 Å². The zero-order valence-electron chi connectivity index (χ0n) is 6.71. The number of benzene rings is 1. The average molecular weight is 151 g/mol. The summed E-state index contributed by atoms with van der Waals surface area (Å²) < 4.78 is 0. The van der Waals surface area contributed by atoms with Crippen molar-refractivity contribution >= 4 is 0 Å². The molecule has 60 valence electrons. The van der Waals surface area contributed by atoms with E-state index >= 15 is 0 Å². The van der Waals surface area contributed by atoms with Crippen molar-refractivity contribution in [2.45, 2.75) is 13.3 Å². The Kier molecular flexibility index (Phi) is 3.08. The predicted molar refractivity (Wildman–Crippen MR) is 45.0 cm³/mol. The van der Waals surface area contributed by atoms with E-state index in [4.69, 9.17) is 5.90 Å². The first-order valence-corrected chi connectivity index (χ1v) is 3.70. The molecular formula is C9H13NO. The van der Waals surface area contributed by atoms with E-state index in [1.54, 1.807) is 0 Å². The minimum atomic E-state index is 0.587. The predicted octanol–water partition coefficient (Wildman–Crippen LogP) is 1.43. The molecule has 0 unspecified atom stereocenters. The third kappa shape index (κ3) is 2.70. The number of rotatable bonds is 3. The Morgan fingerprint density at radius 2 is 2.27 bits per heavy atom. The van der Waals surface area contributed by atoms with Crippen molar-refractivity contribution in [1.82, 2.24) is 0 Å². The molecule has 0 heterocycles. The summed E-state index contributed by atoms with van der Waals surface area (Å²) in [4.78, 5) is 4.49. The summed E-state index contributed by atoms with van der Waals surface area (Å²) >= 11 is 0. The van der Waals surface area contributed by atoms with Crippen LogP contribution in [0.2, 0.25) is 0 Å². The Morgan fingerprint density at radius 3 is 2.91 bits per heavy atom. The van der Waals surface area contributed by atoms with Crippen LogP contribution in [0.1, 0.15) is 11.1 Å². The standard InChI is InChI=1S/C9H13NO/c1-8-3-2-4-9(7-8)5-6-11-10/h2-4,7H,5-6,10H2,1H3. The van der Waals surface area contributed by atoms with Crippen LogP contribution in [0.4, 0.5) is 0 Å². The normalized spacial score (nSPS) is 10.0. The third-order valence-electron chi connectivity index (χ3n) is 1.59. The van der Waals surface area contributed by atoms with Gasteiger partial charge in [0.05, 0.1) is 6.61 Å². The van der Waals surface area contributed by atoms with Crippen molar-refractivity contribution in [2.75, 3.05) is 6.61 Å². The molecule has 0 saturated carbocycles. The van der Waals surface area contributed by atoms with Gasteiger partial charge in [-0.1, -0.05) is 29.8 Å². The quantitative estimate of drug-likeness (QED) is 0.663. The summed E-state index contributed by atoms with van der Waals surface area (Å²) in [6.45, 7) is 2.66. The molecule has 0 aliphatic rings. The number of hydrogen-bond acceptors (Lipinski definition) is 2. The molecule has 1 rings (SSSR count). The average Bonchev–Trinajstić information content (AvgIpc) is 2.01. The van der Waals surface area contributed by atoms with Crippen molar-refractivity contribution in [3.05, 3.63) is 35.4 Å². The van der Waals surface area contributed by atoms with Crippen LogP contribution >= 0.6 is 0 Å². The first-order chi connectivity index (χ1) is 5.33. The first-order valence-electron chi connectivity index (χ1n) is 3.70. The van der Waals surface area contributed by atoms with Gasteiger partial charge in [-0.2, -0.15) is 0 Å². The summed E-state index contributed by atoms with van der Waals surface area (Å²) in [6, 6.07) is 8.33. The van der Waals surface area contributed by atoms with Gasteiger partial charge in [-0.05, 0) is 18.9 Å². The van der Waals surface area contributed by atoms with Crippen LogP contribution in [0.25, 0.3) is 0 Å². The van der Waals surface area contributed by atoms with E-state index in [1.807, 2.05) is 6.07 Å². The Morgan fingerprint density at radius 1 is 1.45 bits per heavy atom. The lowest BCUT2D eigenvalue weighted by atomic mass is 10.1. The van der Waals surface area contributed by atoms with E-state index in [9.17, 15) is 0 Å². The fourth-order valence-corrected chi connectivity index (χ4v) is 1.04. The highest BCUT2D eigenvalue weighted by molar-refractivity contribution is 5.22. The molecule has 0 atom stereocenters. The SMILES string of the molecule is Cc1cccc(CCON)c1. The van der Waals surface area contributed by atoms with Crippen LogP contribution in [0.15, 0.2) is 24.3 Å². The van der Waals surface area contributed by atoms with Gasteiger partial charge in [0.15, 0.2) is 0 Å². The van der Waals surface area contributed by atoms with Gasteiger partial charge >= 0.3 is 0 Å². The molecular weight excluding hydrogens is 138 g/mol. The van der Waals surface area contributed by atoms with E-state index in [-0.39, 0.29) is 0 Å². The minimum Gasteiger partial charge on any atom is -0.304 e. The maximum absolute atomic E-state index is 4.91. The second-order valence-corrected chi connectivity index (χ2v) is 2.61. The van der Waals surface area contributed by atoms with Crippen molar-refractivity contribution < 1.29 is 4.84 Å². The highest BCUT2D eigenvalue weighted by atomic mass is 16.6. The largest absolute Gasteiger partial charge is 0.304 e. The molecule has 2 heteroatoms. The molecule has 1 aromatic rings. The van der Waals surface area contributed by atoms with Crippen LogP contribution in [-0.4, -0.2) is 6.61 Å². The van der Waals surface area contributed by atoms with E-state index in [0.717, 1.165) is 6.42 Å². The maximum atomic E-state index is 4.91. The molecule has 0 bridgehead atoms. The Labute approximate surface area is 66.9 Å². The van der Waals surface area contributed by atoms with Crippen LogP contribution in [0, 0.1) is 6.92 Å². The Bertz CT molecular complexity index is 223. The molecule has 1 aromatic carbocycles. The van der Waals surface area contributed by atoms with E-state index < -0.39 is 0 Å². The fraction of sp³-hybridized carbons (Fsp3) is 0.333. The Balaban J connectivity index is 2.56. The van der Waals surface area contributed by atoms with Gasteiger partial charge in [0.1, 0.15) is 0 Å². The summed E-state index contributed by atoms with van der Waals surface area (Å²) in [5, 5.41) is 0. The molecule has 0 amide bonds. The van der Waals surface area contributed by atoms with E-state index in [0.29, 0.717) is 6.61 Å². The van der Waals surface area contributed by atoms with E-state index in [2.05, 4.69) is 30.0 Å². The zero-order valence-corrected chi connectivity index (χ0v) is 6.71. The molecule has 11 heavy (non-hydrogen) atoms. The van der Waals surface area contributed by atoms with Crippen LogP contribution in [-0.2, 0) is 11.3 Å². The van der Waals surface area contributed by atoms with Crippen LogP contribution in [0.5, 0.6) is 0 Å². The molecule has 0 spiro atoms. The van der Waals surface area contributed by atoms with Gasteiger partial charge < -0.3 is 4.84 Å². The fourth-order valence-electron chi connectivity index (χ4n) is 1.04. The van der Waals surface area contributed by atoms with Crippen molar-refractivity contribution in [2.24, 2.45) is 5.90 Å². The monoisotopic (exact) mass is 151 g/mol. The lowest BCUT2D eigenvalue weighted by Gasteiger charge is -1.99. The lowest BCUT2D eigenvalue weighted by Crippen LogP contribution is -2.03. The van der Waals surface area contributed by atoms with Gasteiger partial charge in [-0.25, -0.2) is 5.90 Å². The minimum absolute atomic E-state index is 0.587. The van der Waals surface area contributed by atoms with E-state index in [1.165, 1.54) is 11.1 Å². The topological polar surface area (TPSA) is 35.2 Å². The van der Waals surface area contributed by atoms with Gasteiger partial charge in [0.25, 0.3) is 0 Å². The number of nitrogens with two attached hydrogens (primary N) is 1. The van der Waals surface area contributed by atoms with Crippen molar-refractivity contribution in [1.29, 1.82) is 0 Å². The molecule has 0 fully saturated rings. The zero-order chi connectivity index (χ0) is 8.10. The molecule has 0 aliphatic heterocycles. The Hall–Kier alpha value is -0.860. The smallest absolute Gasteiger partial charge is 0.0719 e. The van der Waals surface area contributed by atoms with Gasteiger partial charge in [-0.3, -0.25) is 0 Å².